The topological polar surface area (TPSA) is 84.9 Å². The number of nitrogens with one attached hydrogen (secondary N) is 1. The minimum atomic E-state index is -1.32. The molecule has 1 amide bonds. The van der Waals surface area contributed by atoms with Gasteiger partial charge in [-0.15, -0.1) is 0 Å². The van der Waals surface area contributed by atoms with E-state index in [-0.39, 0.29) is 5.92 Å². The van der Waals surface area contributed by atoms with Gasteiger partial charge in [0.05, 0.1) is 12.7 Å². The number of ether oxygens (including phenoxy) is 2. The molecule has 136 valence electrons. The third-order valence-corrected chi connectivity index (χ3v) is 4.75. The zero-order valence-electron chi connectivity index (χ0n) is 15.7. The Morgan fingerprint density at radius 1 is 1.17 bits per heavy atom. The Hall–Kier alpha value is -1.08. The lowest BCUT2D eigenvalue weighted by molar-refractivity contribution is -0.149. The summed E-state index contributed by atoms with van der Waals surface area (Å²) in [4.78, 5) is 24.1. The second-order valence-electron chi connectivity index (χ2n) is 8.34. The summed E-state index contributed by atoms with van der Waals surface area (Å²) in [5.41, 5.74) is -0.681. The smallest absolute Gasteiger partial charge is 0.408 e. The van der Waals surface area contributed by atoms with Gasteiger partial charge in [-0.25, -0.2) is 9.59 Å². The van der Waals surface area contributed by atoms with E-state index in [4.69, 9.17) is 9.47 Å². The normalized spacial score (nSPS) is 15.0. The molecule has 7 heteroatoms. The number of esters is 1. The molecule has 2 atom stereocenters. The first-order valence-corrected chi connectivity index (χ1v) is 11.8. The molecule has 0 aliphatic rings. The van der Waals surface area contributed by atoms with Gasteiger partial charge >= 0.3 is 12.1 Å². The molecule has 0 bridgehead atoms. The second-order valence-corrected chi connectivity index (χ2v) is 14.0. The zero-order chi connectivity index (χ0) is 18.4. The van der Waals surface area contributed by atoms with E-state index in [1.165, 1.54) is 0 Å². The highest BCUT2D eigenvalue weighted by Crippen LogP contribution is 2.13. The molecule has 2 N–H and O–H groups in total. The lowest BCUT2D eigenvalue weighted by Gasteiger charge is -2.27. The monoisotopic (exact) mass is 347 g/mol. The van der Waals surface area contributed by atoms with E-state index in [0.717, 1.165) is 6.04 Å². The molecule has 0 saturated heterocycles. The standard InChI is InChI=1S/C16H33NO5Si/c1-11(2)13(18)12(17-15(20)22-16(3,4)5)14(19)21-9-10-23(6,7)8/h11-13,18H,9-10H2,1-8H3,(H,17,20)/t12-,13-/m0/s1. The molecule has 0 spiro atoms. The Morgan fingerprint density at radius 2 is 1.70 bits per heavy atom. The maximum atomic E-state index is 12.2. The van der Waals surface area contributed by atoms with Crippen LogP contribution in [0.5, 0.6) is 0 Å². The van der Waals surface area contributed by atoms with Crippen molar-refractivity contribution in [2.24, 2.45) is 5.92 Å². The van der Waals surface area contributed by atoms with Gasteiger partial charge in [0, 0.05) is 8.07 Å². The van der Waals surface area contributed by atoms with Crippen molar-refractivity contribution in [3.05, 3.63) is 0 Å². The summed E-state index contributed by atoms with van der Waals surface area (Å²) in [6.07, 6.45) is -1.79. The first-order valence-electron chi connectivity index (χ1n) is 8.07. The van der Waals surface area contributed by atoms with Gasteiger partial charge in [0.2, 0.25) is 0 Å². The van der Waals surface area contributed by atoms with Gasteiger partial charge in [-0.3, -0.25) is 0 Å². The molecule has 0 radical (unpaired) electrons. The van der Waals surface area contributed by atoms with Crippen molar-refractivity contribution in [2.75, 3.05) is 6.61 Å². The van der Waals surface area contributed by atoms with Crippen LogP contribution < -0.4 is 5.32 Å². The molecule has 0 aliphatic carbocycles. The van der Waals surface area contributed by atoms with E-state index in [2.05, 4.69) is 25.0 Å². The molecule has 0 saturated carbocycles. The number of hydrogen-bond donors (Lipinski definition) is 2. The highest BCUT2D eigenvalue weighted by Gasteiger charge is 2.33. The summed E-state index contributed by atoms with van der Waals surface area (Å²) < 4.78 is 10.4. The first-order chi connectivity index (χ1) is 10.2. The number of amides is 1. The summed E-state index contributed by atoms with van der Waals surface area (Å²) in [5, 5.41) is 12.6. The predicted octanol–water partition coefficient (Wildman–Crippen LogP) is 2.78. The Morgan fingerprint density at radius 3 is 2.09 bits per heavy atom. The third kappa shape index (κ3) is 10.3. The van der Waals surface area contributed by atoms with Gasteiger partial charge in [0.25, 0.3) is 0 Å². The molecule has 0 unspecified atom stereocenters. The van der Waals surface area contributed by atoms with E-state index in [9.17, 15) is 14.7 Å². The van der Waals surface area contributed by atoms with E-state index in [1.54, 1.807) is 34.6 Å². The quantitative estimate of drug-likeness (QED) is 0.546. The highest BCUT2D eigenvalue weighted by molar-refractivity contribution is 6.76. The number of aliphatic hydroxyl groups excluding tert-OH is 1. The Bertz CT molecular complexity index is 398. The number of hydrogen-bond acceptors (Lipinski definition) is 5. The Labute approximate surface area is 140 Å². The van der Waals surface area contributed by atoms with Gasteiger partial charge < -0.3 is 19.9 Å². The van der Waals surface area contributed by atoms with Crippen LogP contribution in [0.2, 0.25) is 25.7 Å². The third-order valence-electron chi connectivity index (χ3n) is 3.05. The van der Waals surface area contributed by atoms with Gasteiger partial charge in [-0.2, -0.15) is 0 Å². The molecule has 0 heterocycles. The molecule has 0 aromatic carbocycles. The summed E-state index contributed by atoms with van der Waals surface area (Å²) in [7, 11) is -1.32. The molecule has 0 aliphatic heterocycles. The highest BCUT2D eigenvalue weighted by atomic mass is 28.3. The Balaban J connectivity index is 4.81. The van der Waals surface area contributed by atoms with Gasteiger partial charge in [0.15, 0.2) is 6.04 Å². The summed E-state index contributed by atoms with van der Waals surface area (Å²) in [6.45, 7) is 15.6. The molecule has 0 aromatic rings. The van der Waals surface area contributed by atoms with Gasteiger partial charge in [-0.1, -0.05) is 33.5 Å². The largest absolute Gasteiger partial charge is 0.464 e. The lowest BCUT2D eigenvalue weighted by Crippen LogP contribution is -2.52. The minimum absolute atomic E-state index is 0.209. The number of alkyl carbamates (subject to hydrolysis) is 1. The van der Waals surface area contributed by atoms with E-state index in [0.29, 0.717) is 6.61 Å². The maximum Gasteiger partial charge on any atom is 0.408 e. The van der Waals surface area contributed by atoms with Crippen LogP contribution in [0.15, 0.2) is 0 Å². The second kappa shape index (κ2) is 8.68. The average molecular weight is 348 g/mol. The molecular weight excluding hydrogens is 314 g/mol. The average Bonchev–Trinajstić information content (AvgIpc) is 2.30. The van der Waals surface area contributed by atoms with Crippen molar-refractivity contribution in [3.63, 3.8) is 0 Å². The van der Waals surface area contributed by atoms with Crippen LogP contribution in [-0.2, 0) is 14.3 Å². The number of carbonyl (C=O) groups is 2. The fraction of sp³-hybridized carbons (Fsp3) is 0.875. The molecule has 23 heavy (non-hydrogen) atoms. The number of aliphatic hydroxyl groups is 1. The number of rotatable bonds is 7. The van der Waals surface area contributed by atoms with Gasteiger partial charge in [-0.05, 0) is 32.7 Å². The number of carbonyl (C=O) groups excluding carboxylic acids is 2. The van der Waals surface area contributed by atoms with Crippen molar-refractivity contribution in [3.8, 4) is 0 Å². The summed E-state index contributed by atoms with van der Waals surface area (Å²) >= 11 is 0. The fourth-order valence-corrected chi connectivity index (χ4v) is 2.37. The van der Waals surface area contributed by atoms with Crippen molar-refractivity contribution < 1.29 is 24.2 Å². The van der Waals surface area contributed by atoms with E-state index < -0.39 is 37.9 Å². The first kappa shape index (κ1) is 21.9. The molecule has 0 aromatic heterocycles. The van der Waals surface area contributed by atoms with Crippen LogP contribution in [-0.4, -0.2) is 49.6 Å². The maximum absolute atomic E-state index is 12.2. The molecule has 0 fully saturated rings. The fourth-order valence-electron chi connectivity index (χ4n) is 1.65. The molecule has 0 rings (SSSR count). The van der Waals surface area contributed by atoms with E-state index >= 15 is 0 Å². The van der Waals surface area contributed by atoms with E-state index in [1.807, 2.05) is 0 Å². The van der Waals surface area contributed by atoms with Crippen molar-refractivity contribution >= 4 is 20.1 Å². The van der Waals surface area contributed by atoms with Crippen LogP contribution in [0.1, 0.15) is 34.6 Å². The van der Waals surface area contributed by atoms with Crippen LogP contribution in [0, 0.1) is 5.92 Å². The summed E-state index contributed by atoms with van der Waals surface area (Å²) in [5.74, 6) is -0.838. The zero-order valence-corrected chi connectivity index (χ0v) is 16.7. The van der Waals surface area contributed by atoms with Crippen molar-refractivity contribution in [2.45, 2.75) is 78.1 Å². The minimum Gasteiger partial charge on any atom is -0.464 e. The Kier molecular flexibility index (Phi) is 8.27. The van der Waals surface area contributed by atoms with Crippen LogP contribution >= 0.6 is 0 Å². The van der Waals surface area contributed by atoms with Crippen LogP contribution in [0.3, 0.4) is 0 Å². The predicted molar refractivity (Wildman–Crippen MR) is 93.1 cm³/mol. The van der Waals surface area contributed by atoms with Crippen molar-refractivity contribution in [1.29, 1.82) is 0 Å². The summed E-state index contributed by atoms with van der Waals surface area (Å²) in [6, 6.07) is -0.304. The van der Waals surface area contributed by atoms with Crippen LogP contribution in [0.4, 0.5) is 4.79 Å². The lowest BCUT2D eigenvalue weighted by atomic mass is 10.00. The molecule has 6 nitrogen and oxygen atoms in total. The van der Waals surface area contributed by atoms with Gasteiger partial charge in [0.1, 0.15) is 5.60 Å². The van der Waals surface area contributed by atoms with Crippen LogP contribution in [0.25, 0.3) is 0 Å². The van der Waals surface area contributed by atoms with Crippen molar-refractivity contribution in [1.82, 2.24) is 5.32 Å². The SMILES string of the molecule is CC(C)[C@H](O)[C@H](NC(=O)OC(C)(C)C)C(=O)OCC[Si](C)(C)C. The molecular formula is C16H33NO5Si.